The summed E-state index contributed by atoms with van der Waals surface area (Å²) in [5.74, 6) is -1.20. The molecule has 0 heterocycles. The first-order valence-electron chi connectivity index (χ1n) is 6.68. The zero-order chi connectivity index (χ0) is 14.8. The first-order chi connectivity index (χ1) is 9.65. The van der Waals surface area contributed by atoms with Gasteiger partial charge in [-0.25, -0.2) is 0 Å². The van der Waals surface area contributed by atoms with Crippen molar-refractivity contribution in [2.75, 3.05) is 26.9 Å². The van der Waals surface area contributed by atoms with Crippen LogP contribution in [0.4, 0.5) is 0 Å². The van der Waals surface area contributed by atoms with Gasteiger partial charge in [-0.05, 0) is 30.9 Å². The van der Waals surface area contributed by atoms with E-state index >= 15 is 0 Å². The monoisotopic (exact) mass is 344 g/mol. The highest BCUT2D eigenvalue weighted by atomic mass is 79.9. The lowest BCUT2D eigenvalue weighted by molar-refractivity contribution is -0.142. The van der Waals surface area contributed by atoms with E-state index in [9.17, 15) is 9.90 Å². The van der Waals surface area contributed by atoms with Gasteiger partial charge >= 0.3 is 5.97 Å². The summed E-state index contributed by atoms with van der Waals surface area (Å²) < 4.78 is 11.3. The second-order valence-corrected chi connectivity index (χ2v) is 5.43. The average molecular weight is 345 g/mol. The predicted molar refractivity (Wildman–Crippen MR) is 80.9 cm³/mol. The summed E-state index contributed by atoms with van der Waals surface area (Å²) in [5.41, 5.74) is 1.01. The van der Waals surface area contributed by atoms with Crippen molar-refractivity contribution in [3.05, 3.63) is 34.3 Å². The van der Waals surface area contributed by atoms with E-state index in [4.69, 9.17) is 9.47 Å². The number of methoxy groups -OCH3 is 1. The summed E-state index contributed by atoms with van der Waals surface area (Å²) >= 11 is 3.45. The van der Waals surface area contributed by atoms with Gasteiger partial charge in [-0.1, -0.05) is 34.1 Å². The molecule has 1 aromatic carbocycles. The van der Waals surface area contributed by atoms with Crippen LogP contribution in [0.15, 0.2) is 28.7 Å². The first kappa shape index (κ1) is 17.1. The van der Waals surface area contributed by atoms with Crippen molar-refractivity contribution >= 4 is 21.9 Å². The minimum absolute atomic E-state index is 0.420. The number of carboxylic acids is 1. The molecule has 0 aromatic heterocycles. The van der Waals surface area contributed by atoms with E-state index in [0.717, 1.165) is 16.5 Å². The number of rotatable bonds is 10. The van der Waals surface area contributed by atoms with Crippen molar-refractivity contribution in [1.29, 1.82) is 0 Å². The number of hydrogen-bond donors (Lipinski definition) is 1. The van der Waals surface area contributed by atoms with Crippen LogP contribution in [0.3, 0.4) is 0 Å². The Kier molecular flexibility index (Phi) is 8.49. The molecule has 0 spiro atoms. The van der Waals surface area contributed by atoms with Gasteiger partial charge in [0.25, 0.3) is 0 Å². The molecule has 1 atom stereocenters. The second-order valence-electron chi connectivity index (χ2n) is 4.58. The Balaban J connectivity index is 2.38. The number of hydrogen-bond acceptors (Lipinski definition) is 3. The topological polar surface area (TPSA) is 55.8 Å². The summed E-state index contributed by atoms with van der Waals surface area (Å²) in [5, 5.41) is 9.28. The molecule has 0 aliphatic carbocycles. The first-order valence-corrected chi connectivity index (χ1v) is 7.47. The van der Waals surface area contributed by atoms with Gasteiger partial charge in [-0.2, -0.15) is 0 Å². The Morgan fingerprint density at radius 3 is 2.70 bits per heavy atom. The Morgan fingerprint density at radius 2 is 2.05 bits per heavy atom. The van der Waals surface area contributed by atoms with Crippen LogP contribution in [0.25, 0.3) is 0 Å². The molecule has 0 aliphatic heterocycles. The maximum absolute atomic E-state index is 11.3. The van der Waals surface area contributed by atoms with Gasteiger partial charge in [0, 0.05) is 31.4 Å². The van der Waals surface area contributed by atoms with E-state index < -0.39 is 11.9 Å². The third-order valence-corrected chi connectivity index (χ3v) is 3.79. The molecule has 0 aliphatic rings. The second kappa shape index (κ2) is 9.91. The number of benzene rings is 1. The predicted octanol–water partition coefficient (Wildman–Crippen LogP) is 3.14. The molecule has 0 bridgehead atoms. The molecular formula is C15H21BrO4. The molecule has 1 unspecified atom stereocenters. The third kappa shape index (κ3) is 6.50. The van der Waals surface area contributed by atoms with Crippen LogP contribution in [-0.2, 0) is 20.7 Å². The molecule has 5 heteroatoms. The Morgan fingerprint density at radius 1 is 1.30 bits per heavy atom. The Bertz CT molecular complexity index is 409. The van der Waals surface area contributed by atoms with Crippen LogP contribution in [0, 0.1) is 5.92 Å². The standard InChI is InChI=1S/C15H21BrO4/c1-19-8-4-9-20-10-7-13(15(17)18)11-12-5-2-3-6-14(12)16/h2-3,5-6,13H,4,7-11H2,1H3,(H,17,18). The van der Waals surface area contributed by atoms with Gasteiger partial charge in [0.1, 0.15) is 0 Å². The van der Waals surface area contributed by atoms with Crippen LogP contribution >= 0.6 is 15.9 Å². The molecular weight excluding hydrogens is 324 g/mol. The maximum atomic E-state index is 11.3. The van der Waals surface area contributed by atoms with E-state index in [1.54, 1.807) is 7.11 Å². The largest absolute Gasteiger partial charge is 0.481 e. The van der Waals surface area contributed by atoms with Crippen molar-refractivity contribution in [3.8, 4) is 0 Å². The SMILES string of the molecule is COCCCOCCC(Cc1ccccc1Br)C(=O)O. The van der Waals surface area contributed by atoms with Gasteiger partial charge in [-0.15, -0.1) is 0 Å². The maximum Gasteiger partial charge on any atom is 0.306 e. The number of halogens is 1. The molecule has 1 aromatic rings. The number of ether oxygens (including phenoxy) is 2. The molecule has 20 heavy (non-hydrogen) atoms. The quantitative estimate of drug-likeness (QED) is 0.662. The van der Waals surface area contributed by atoms with E-state index in [2.05, 4.69) is 15.9 Å². The zero-order valence-corrected chi connectivity index (χ0v) is 13.3. The highest BCUT2D eigenvalue weighted by molar-refractivity contribution is 9.10. The fraction of sp³-hybridized carbons (Fsp3) is 0.533. The van der Waals surface area contributed by atoms with Crippen molar-refractivity contribution in [2.24, 2.45) is 5.92 Å². The van der Waals surface area contributed by atoms with Crippen LogP contribution in [0.2, 0.25) is 0 Å². The molecule has 112 valence electrons. The highest BCUT2D eigenvalue weighted by Crippen LogP contribution is 2.21. The normalized spacial score (nSPS) is 12.3. The van der Waals surface area contributed by atoms with Crippen molar-refractivity contribution in [3.63, 3.8) is 0 Å². The van der Waals surface area contributed by atoms with E-state index in [1.807, 2.05) is 24.3 Å². The molecule has 1 rings (SSSR count). The van der Waals surface area contributed by atoms with Crippen LogP contribution < -0.4 is 0 Å². The van der Waals surface area contributed by atoms with E-state index in [1.165, 1.54) is 0 Å². The van der Waals surface area contributed by atoms with Gasteiger partial charge in [0.15, 0.2) is 0 Å². The fourth-order valence-corrected chi connectivity index (χ4v) is 2.32. The van der Waals surface area contributed by atoms with Gasteiger partial charge in [-0.3, -0.25) is 4.79 Å². The summed E-state index contributed by atoms with van der Waals surface area (Å²) in [6.45, 7) is 1.74. The van der Waals surface area contributed by atoms with Gasteiger partial charge in [0.05, 0.1) is 5.92 Å². The van der Waals surface area contributed by atoms with Gasteiger partial charge < -0.3 is 14.6 Å². The van der Waals surface area contributed by atoms with E-state index in [-0.39, 0.29) is 0 Å². The fourth-order valence-electron chi connectivity index (χ4n) is 1.88. The van der Waals surface area contributed by atoms with Crippen molar-refractivity contribution in [1.82, 2.24) is 0 Å². The molecule has 0 saturated carbocycles. The van der Waals surface area contributed by atoms with Crippen LogP contribution in [-0.4, -0.2) is 38.0 Å². The smallest absolute Gasteiger partial charge is 0.306 e. The minimum atomic E-state index is -0.777. The van der Waals surface area contributed by atoms with E-state index in [0.29, 0.717) is 32.7 Å². The molecule has 0 radical (unpaired) electrons. The van der Waals surface area contributed by atoms with Crippen molar-refractivity contribution < 1.29 is 19.4 Å². The Labute approximate surface area is 128 Å². The lowest BCUT2D eigenvalue weighted by atomic mass is 9.97. The zero-order valence-electron chi connectivity index (χ0n) is 11.7. The average Bonchev–Trinajstić information content (AvgIpc) is 2.43. The summed E-state index contributed by atoms with van der Waals surface area (Å²) in [6.07, 6.45) is 1.86. The number of carbonyl (C=O) groups is 1. The third-order valence-electron chi connectivity index (χ3n) is 3.02. The molecule has 0 amide bonds. The molecule has 1 N–H and O–H groups in total. The lowest BCUT2D eigenvalue weighted by Crippen LogP contribution is -2.19. The summed E-state index contributed by atoms with van der Waals surface area (Å²) in [4.78, 5) is 11.3. The molecule has 0 saturated heterocycles. The number of carboxylic acid groups (broad SMARTS) is 1. The summed E-state index contributed by atoms with van der Waals surface area (Å²) in [6, 6.07) is 7.71. The summed E-state index contributed by atoms with van der Waals surface area (Å²) in [7, 11) is 1.65. The number of aliphatic carboxylic acids is 1. The lowest BCUT2D eigenvalue weighted by Gasteiger charge is -2.13. The minimum Gasteiger partial charge on any atom is -0.481 e. The van der Waals surface area contributed by atoms with Crippen LogP contribution in [0.5, 0.6) is 0 Å². The van der Waals surface area contributed by atoms with Gasteiger partial charge in [0.2, 0.25) is 0 Å². The van der Waals surface area contributed by atoms with Crippen molar-refractivity contribution in [2.45, 2.75) is 19.3 Å². The van der Waals surface area contributed by atoms with Crippen LogP contribution in [0.1, 0.15) is 18.4 Å². The Hall–Kier alpha value is -0.910. The molecule has 4 nitrogen and oxygen atoms in total. The highest BCUT2D eigenvalue weighted by Gasteiger charge is 2.18. The molecule has 0 fully saturated rings.